The van der Waals surface area contributed by atoms with Crippen molar-refractivity contribution in [3.8, 4) is 6.07 Å². The van der Waals surface area contributed by atoms with Crippen LogP contribution in [0.25, 0.3) is 5.57 Å². The summed E-state index contributed by atoms with van der Waals surface area (Å²) in [6, 6.07) is 16.3. The van der Waals surface area contributed by atoms with E-state index >= 15 is 0 Å². The summed E-state index contributed by atoms with van der Waals surface area (Å²) in [6.07, 6.45) is 0. The van der Waals surface area contributed by atoms with E-state index in [2.05, 4.69) is 0 Å². The summed E-state index contributed by atoms with van der Waals surface area (Å²) < 4.78 is 12.9. The summed E-state index contributed by atoms with van der Waals surface area (Å²) >= 11 is 0. The van der Waals surface area contributed by atoms with Crippen molar-refractivity contribution >= 4 is 11.4 Å². The molecule has 0 saturated heterocycles. The van der Waals surface area contributed by atoms with Crippen LogP contribution in [-0.4, -0.2) is 5.78 Å². The molecule has 0 spiro atoms. The molecule has 0 fully saturated rings. The van der Waals surface area contributed by atoms with Gasteiger partial charge in [-0.1, -0.05) is 42.5 Å². The van der Waals surface area contributed by atoms with Crippen LogP contribution in [0.3, 0.4) is 0 Å². The van der Waals surface area contributed by atoms with Crippen molar-refractivity contribution < 1.29 is 9.18 Å². The topological polar surface area (TPSA) is 40.9 Å². The van der Waals surface area contributed by atoms with Crippen LogP contribution in [0.5, 0.6) is 0 Å². The van der Waals surface area contributed by atoms with E-state index in [0.717, 1.165) is 0 Å². The summed E-state index contributed by atoms with van der Waals surface area (Å²) in [6.45, 7) is 1.69. The Morgan fingerprint density at radius 2 is 1.60 bits per heavy atom. The minimum absolute atomic E-state index is 0.0720. The lowest BCUT2D eigenvalue weighted by Crippen LogP contribution is -2.04. The molecule has 0 atom stereocenters. The van der Waals surface area contributed by atoms with Gasteiger partial charge in [-0.3, -0.25) is 4.79 Å². The minimum atomic E-state index is -0.352. The van der Waals surface area contributed by atoms with Gasteiger partial charge in [0, 0.05) is 5.56 Å². The van der Waals surface area contributed by atoms with Gasteiger partial charge in [-0.15, -0.1) is 0 Å². The molecule has 20 heavy (non-hydrogen) atoms. The first-order valence-corrected chi connectivity index (χ1v) is 6.10. The van der Waals surface area contributed by atoms with E-state index in [0.29, 0.717) is 16.7 Å². The largest absolute Gasteiger partial charge is 0.288 e. The number of allylic oxidation sites excluding steroid dienone is 2. The number of hydrogen-bond donors (Lipinski definition) is 0. The zero-order valence-electron chi connectivity index (χ0n) is 10.9. The SMILES string of the molecule is C/C(=C(\C#N)C(=O)c1ccccc1)c1ccc(F)cc1. The van der Waals surface area contributed by atoms with E-state index in [9.17, 15) is 14.4 Å². The van der Waals surface area contributed by atoms with Crippen molar-refractivity contribution in [3.05, 3.63) is 77.1 Å². The van der Waals surface area contributed by atoms with Crippen molar-refractivity contribution in [1.29, 1.82) is 5.26 Å². The third-order valence-corrected chi connectivity index (χ3v) is 3.03. The molecule has 2 nitrogen and oxygen atoms in total. The molecule has 0 saturated carbocycles. The van der Waals surface area contributed by atoms with Gasteiger partial charge in [-0.05, 0) is 30.2 Å². The Morgan fingerprint density at radius 3 is 2.15 bits per heavy atom. The minimum Gasteiger partial charge on any atom is -0.288 e. The van der Waals surface area contributed by atoms with Crippen LogP contribution >= 0.6 is 0 Å². The molecular weight excluding hydrogens is 253 g/mol. The van der Waals surface area contributed by atoms with Gasteiger partial charge in [0.05, 0.1) is 0 Å². The van der Waals surface area contributed by atoms with Gasteiger partial charge in [-0.25, -0.2) is 4.39 Å². The van der Waals surface area contributed by atoms with Crippen LogP contribution < -0.4 is 0 Å². The van der Waals surface area contributed by atoms with Gasteiger partial charge in [0.1, 0.15) is 17.5 Å². The molecule has 98 valence electrons. The maximum absolute atomic E-state index is 12.9. The smallest absolute Gasteiger partial charge is 0.203 e. The maximum Gasteiger partial charge on any atom is 0.203 e. The predicted octanol–water partition coefficient (Wildman–Crippen LogP) is 4.01. The van der Waals surface area contributed by atoms with Crippen molar-refractivity contribution in [2.75, 3.05) is 0 Å². The monoisotopic (exact) mass is 265 g/mol. The Labute approximate surface area is 116 Å². The second-order valence-electron chi connectivity index (χ2n) is 4.31. The molecule has 0 aromatic heterocycles. The van der Waals surface area contributed by atoms with Crippen molar-refractivity contribution in [2.24, 2.45) is 0 Å². The third-order valence-electron chi connectivity index (χ3n) is 3.03. The number of hydrogen-bond acceptors (Lipinski definition) is 2. The molecule has 2 rings (SSSR count). The van der Waals surface area contributed by atoms with Gasteiger partial charge >= 0.3 is 0 Å². The van der Waals surface area contributed by atoms with Crippen molar-refractivity contribution in [3.63, 3.8) is 0 Å². The predicted molar refractivity (Wildman–Crippen MR) is 75.4 cm³/mol. The molecule has 0 bridgehead atoms. The highest BCUT2D eigenvalue weighted by atomic mass is 19.1. The molecule has 0 radical (unpaired) electrons. The van der Waals surface area contributed by atoms with E-state index < -0.39 is 0 Å². The summed E-state index contributed by atoms with van der Waals surface area (Å²) in [5, 5.41) is 9.24. The van der Waals surface area contributed by atoms with E-state index in [-0.39, 0.29) is 17.2 Å². The Kier molecular flexibility index (Phi) is 4.07. The number of halogens is 1. The standard InChI is InChI=1S/C17H12FNO/c1-12(13-7-9-15(18)10-8-13)16(11-19)17(20)14-5-3-2-4-6-14/h2-10H,1H3/b16-12-. The Balaban J connectivity index is 2.46. The molecule has 2 aromatic carbocycles. The number of Topliss-reactive ketones (excluding diaryl/α,β-unsaturated/α-hetero) is 1. The molecule has 0 N–H and O–H groups in total. The Bertz CT molecular complexity index is 694. The summed E-state index contributed by atoms with van der Waals surface area (Å²) in [5.74, 6) is -0.677. The first-order valence-electron chi connectivity index (χ1n) is 6.10. The third kappa shape index (κ3) is 2.81. The lowest BCUT2D eigenvalue weighted by Gasteiger charge is -2.05. The van der Waals surface area contributed by atoms with Crippen molar-refractivity contribution in [2.45, 2.75) is 6.92 Å². The zero-order valence-corrected chi connectivity index (χ0v) is 10.9. The quantitative estimate of drug-likeness (QED) is 0.478. The first kappa shape index (κ1) is 13.7. The number of nitrogens with zero attached hydrogens (tertiary/aromatic N) is 1. The molecule has 0 amide bonds. The highest BCUT2D eigenvalue weighted by Gasteiger charge is 2.15. The van der Waals surface area contributed by atoms with Crippen LogP contribution in [0.15, 0.2) is 60.2 Å². The molecule has 0 unspecified atom stereocenters. The fourth-order valence-corrected chi connectivity index (χ4v) is 1.88. The number of ketones is 1. The number of benzene rings is 2. The van der Waals surface area contributed by atoms with Gasteiger partial charge < -0.3 is 0 Å². The lowest BCUT2D eigenvalue weighted by atomic mass is 9.96. The highest BCUT2D eigenvalue weighted by molar-refractivity contribution is 6.15. The molecule has 0 aliphatic heterocycles. The van der Waals surface area contributed by atoms with Crippen LogP contribution in [0.2, 0.25) is 0 Å². The second kappa shape index (κ2) is 5.94. The molecule has 0 aliphatic carbocycles. The number of carbonyl (C=O) groups is 1. The van der Waals surface area contributed by atoms with Crippen LogP contribution in [0.1, 0.15) is 22.8 Å². The summed E-state index contributed by atoms with van der Waals surface area (Å²) in [5.41, 5.74) is 1.74. The fraction of sp³-hybridized carbons (Fsp3) is 0.0588. The number of rotatable bonds is 3. The van der Waals surface area contributed by atoms with Gasteiger partial charge in [0.2, 0.25) is 5.78 Å². The number of nitriles is 1. The zero-order chi connectivity index (χ0) is 14.5. The lowest BCUT2D eigenvalue weighted by molar-refractivity contribution is 0.103. The Hall–Kier alpha value is -2.73. The van der Waals surface area contributed by atoms with E-state index in [4.69, 9.17) is 0 Å². The van der Waals surface area contributed by atoms with E-state index in [1.165, 1.54) is 12.1 Å². The van der Waals surface area contributed by atoms with Gasteiger partial charge in [0.25, 0.3) is 0 Å². The molecule has 0 aliphatic rings. The average Bonchev–Trinajstić information content (AvgIpc) is 2.49. The maximum atomic E-state index is 12.9. The van der Waals surface area contributed by atoms with Crippen LogP contribution in [-0.2, 0) is 0 Å². The van der Waals surface area contributed by atoms with Crippen LogP contribution in [0, 0.1) is 17.1 Å². The fourth-order valence-electron chi connectivity index (χ4n) is 1.88. The Morgan fingerprint density at radius 1 is 1.00 bits per heavy atom. The summed E-state index contributed by atoms with van der Waals surface area (Å²) in [4.78, 5) is 12.3. The molecular formula is C17H12FNO. The normalized spacial score (nSPS) is 11.4. The second-order valence-corrected chi connectivity index (χ2v) is 4.31. The van der Waals surface area contributed by atoms with E-state index in [1.807, 2.05) is 6.07 Å². The van der Waals surface area contributed by atoms with E-state index in [1.54, 1.807) is 49.4 Å². The van der Waals surface area contributed by atoms with Gasteiger partial charge in [0.15, 0.2) is 0 Å². The highest BCUT2D eigenvalue weighted by Crippen LogP contribution is 2.21. The molecule has 3 heteroatoms. The van der Waals surface area contributed by atoms with Crippen molar-refractivity contribution in [1.82, 2.24) is 0 Å². The number of carbonyl (C=O) groups excluding carboxylic acids is 1. The average molecular weight is 265 g/mol. The molecule has 0 heterocycles. The van der Waals surface area contributed by atoms with Crippen LogP contribution in [0.4, 0.5) is 4.39 Å². The van der Waals surface area contributed by atoms with Gasteiger partial charge in [-0.2, -0.15) is 5.26 Å². The molecule has 2 aromatic rings. The first-order chi connectivity index (χ1) is 9.63. The summed E-state index contributed by atoms with van der Waals surface area (Å²) in [7, 11) is 0.